The van der Waals surface area contributed by atoms with Crippen molar-refractivity contribution in [1.82, 2.24) is 9.55 Å². The Bertz CT molecular complexity index is 1350. The van der Waals surface area contributed by atoms with E-state index in [2.05, 4.69) is 16.2 Å². The second-order valence-electron chi connectivity index (χ2n) is 7.14. The van der Waals surface area contributed by atoms with E-state index in [4.69, 9.17) is 4.98 Å². The lowest BCUT2D eigenvalue weighted by Gasteiger charge is -2.11. The molecule has 8 heteroatoms. The molecule has 160 valence electrons. The Morgan fingerprint density at radius 2 is 1.77 bits per heavy atom. The van der Waals surface area contributed by atoms with E-state index in [0.29, 0.717) is 18.9 Å². The fourth-order valence-corrected chi connectivity index (χ4v) is 4.75. The second kappa shape index (κ2) is 8.47. The van der Waals surface area contributed by atoms with Crippen molar-refractivity contribution in [3.05, 3.63) is 89.8 Å². The normalized spacial score (nSPS) is 11.7. The molecule has 0 radical (unpaired) electrons. The Balaban J connectivity index is 1.53. The molecular formula is C23H21F2N3O2S. The SMILES string of the molecule is CCn1c(CCc2cccc(NS(=O)(=O)c3cc(F)ccc3F)c2)nc2ccccc21. The third-order valence-corrected chi connectivity index (χ3v) is 6.45. The maximum atomic E-state index is 13.9. The van der Waals surface area contributed by atoms with Gasteiger partial charge in [-0.1, -0.05) is 24.3 Å². The number of hydrogen-bond acceptors (Lipinski definition) is 3. The van der Waals surface area contributed by atoms with Crippen molar-refractivity contribution in [2.45, 2.75) is 31.2 Å². The highest BCUT2D eigenvalue weighted by Crippen LogP contribution is 2.22. The zero-order chi connectivity index (χ0) is 22.0. The van der Waals surface area contributed by atoms with E-state index in [1.807, 2.05) is 30.3 Å². The Labute approximate surface area is 179 Å². The van der Waals surface area contributed by atoms with Gasteiger partial charge in [0.25, 0.3) is 10.0 Å². The summed E-state index contributed by atoms with van der Waals surface area (Å²) in [5.41, 5.74) is 3.20. The van der Waals surface area contributed by atoms with Gasteiger partial charge >= 0.3 is 0 Å². The highest BCUT2D eigenvalue weighted by molar-refractivity contribution is 7.92. The summed E-state index contributed by atoms with van der Waals surface area (Å²) < 4.78 is 56.9. The van der Waals surface area contributed by atoms with E-state index in [1.165, 1.54) is 0 Å². The number of aryl methyl sites for hydroxylation is 3. The number of halogens is 2. The number of rotatable bonds is 7. The zero-order valence-corrected chi connectivity index (χ0v) is 17.7. The molecule has 4 rings (SSSR count). The summed E-state index contributed by atoms with van der Waals surface area (Å²) in [7, 11) is -4.26. The van der Waals surface area contributed by atoms with Gasteiger partial charge in [0.2, 0.25) is 0 Å². The Morgan fingerprint density at radius 1 is 0.968 bits per heavy atom. The largest absolute Gasteiger partial charge is 0.328 e. The van der Waals surface area contributed by atoms with E-state index < -0.39 is 26.6 Å². The summed E-state index contributed by atoms with van der Waals surface area (Å²) in [4.78, 5) is 3.99. The zero-order valence-electron chi connectivity index (χ0n) is 16.8. The van der Waals surface area contributed by atoms with Gasteiger partial charge in [0.05, 0.1) is 11.0 Å². The molecular weight excluding hydrogens is 420 g/mol. The van der Waals surface area contributed by atoms with Gasteiger partial charge in [0.15, 0.2) is 0 Å². The lowest BCUT2D eigenvalue weighted by atomic mass is 10.1. The fraction of sp³-hybridized carbons (Fsp3) is 0.174. The number of para-hydroxylation sites is 2. The third kappa shape index (κ3) is 4.44. The molecule has 5 nitrogen and oxygen atoms in total. The molecule has 0 aliphatic rings. The number of imidazole rings is 1. The van der Waals surface area contributed by atoms with Crippen LogP contribution in [-0.4, -0.2) is 18.0 Å². The molecule has 0 amide bonds. The molecule has 0 unspecified atom stereocenters. The molecule has 4 aromatic rings. The van der Waals surface area contributed by atoms with Crippen LogP contribution in [0, 0.1) is 11.6 Å². The van der Waals surface area contributed by atoms with Crippen LogP contribution in [-0.2, 0) is 29.4 Å². The number of nitrogens with one attached hydrogen (secondary N) is 1. The third-order valence-electron chi connectivity index (χ3n) is 5.05. The summed E-state index contributed by atoms with van der Waals surface area (Å²) in [6.07, 6.45) is 1.32. The van der Waals surface area contributed by atoms with Crippen molar-refractivity contribution < 1.29 is 17.2 Å². The molecule has 3 aromatic carbocycles. The van der Waals surface area contributed by atoms with Crippen molar-refractivity contribution >= 4 is 26.7 Å². The van der Waals surface area contributed by atoms with Crippen molar-refractivity contribution in [3.8, 4) is 0 Å². The molecule has 0 bridgehead atoms. The van der Waals surface area contributed by atoms with Crippen LogP contribution in [0.4, 0.5) is 14.5 Å². The van der Waals surface area contributed by atoms with Crippen LogP contribution in [0.1, 0.15) is 18.3 Å². The average Bonchev–Trinajstić information content (AvgIpc) is 3.11. The summed E-state index contributed by atoms with van der Waals surface area (Å²) >= 11 is 0. The minimum Gasteiger partial charge on any atom is -0.328 e. The number of sulfonamides is 1. The van der Waals surface area contributed by atoms with Crippen molar-refractivity contribution in [2.24, 2.45) is 0 Å². The molecule has 0 aliphatic carbocycles. The van der Waals surface area contributed by atoms with Crippen LogP contribution in [0.3, 0.4) is 0 Å². The Morgan fingerprint density at radius 3 is 2.58 bits per heavy atom. The van der Waals surface area contributed by atoms with Gasteiger partial charge in [-0.05, 0) is 61.4 Å². The minimum atomic E-state index is -4.26. The number of aromatic nitrogens is 2. The predicted octanol–water partition coefficient (Wildman–Crippen LogP) is 4.92. The summed E-state index contributed by atoms with van der Waals surface area (Å²) in [6.45, 7) is 2.87. The Hall–Kier alpha value is -3.26. The molecule has 0 atom stereocenters. The summed E-state index contributed by atoms with van der Waals surface area (Å²) in [6, 6.07) is 17.1. The number of hydrogen-bond donors (Lipinski definition) is 1. The van der Waals surface area contributed by atoms with Crippen LogP contribution in [0.5, 0.6) is 0 Å². The van der Waals surface area contributed by atoms with Gasteiger partial charge in [-0.2, -0.15) is 0 Å². The van der Waals surface area contributed by atoms with Crippen LogP contribution in [0.15, 0.2) is 71.6 Å². The quantitative estimate of drug-likeness (QED) is 0.443. The maximum absolute atomic E-state index is 13.9. The molecule has 0 spiro atoms. The number of benzene rings is 3. The number of fused-ring (bicyclic) bond motifs is 1. The molecule has 1 heterocycles. The summed E-state index contributed by atoms with van der Waals surface area (Å²) in [5.74, 6) is -0.880. The second-order valence-corrected chi connectivity index (χ2v) is 8.79. The first-order valence-electron chi connectivity index (χ1n) is 9.88. The van der Waals surface area contributed by atoms with E-state index in [1.54, 1.807) is 18.2 Å². The highest BCUT2D eigenvalue weighted by atomic mass is 32.2. The molecule has 1 aromatic heterocycles. The van der Waals surface area contributed by atoms with E-state index in [0.717, 1.165) is 41.1 Å². The van der Waals surface area contributed by atoms with E-state index in [9.17, 15) is 17.2 Å². The smallest absolute Gasteiger partial charge is 0.264 e. The monoisotopic (exact) mass is 441 g/mol. The van der Waals surface area contributed by atoms with Gasteiger partial charge in [0, 0.05) is 18.7 Å². The van der Waals surface area contributed by atoms with Gasteiger partial charge in [-0.15, -0.1) is 0 Å². The standard InChI is InChI=1S/C23H21F2N3O2S/c1-2-28-21-9-4-3-8-20(21)26-23(28)13-10-16-6-5-7-18(14-16)27-31(29,30)22-15-17(24)11-12-19(22)25/h3-9,11-12,14-15,27H,2,10,13H2,1H3. The van der Waals surface area contributed by atoms with Gasteiger partial charge in [-0.3, -0.25) is 4.72 Å². The summed E-state index contributed by atoms with van der Waals surface area (Å²) in [5, 5.41) is 0. The van der Waals surface area contributed by atoms with Crippen LogP contribution < -0.4 is 4.72 Å². The molecule has 31 heavy (non-hydrogen) atoms. The molecule has 0 saturated heterocycles. The number of anilines is 1. The lowest BCUT2D eigenvalue weighted by Crippen LogP contribution is -2.15. The van der Waals surface area contributed by atoms with Crippen molar-refractivity contribution in [2.75, 3.05) is 4.72 Å². The first kappa shape index (κ1) is 21.0. The topological polar surface area (TPSA) is 64.0 Å². The van der Waals surface area contributed by atoms with Gasteiger partial charge in [0.1, 0.15) is 22.4 Å². The first-order chi connectivity index (χ1) is 14.9. The van der Waals surface area contributed by atoms with Crippen LogP contribution >= 0.6 is 0 Å². The van der Waals surface area contributed by atoms with Crippen molar-refractivity contribution in [1.29, 1.82) is 0 Å². The lowest BCUT2D eigenvalue weighted by molar-refractivity contribution is 0.555. The highest BCUT2D eigenvalue weighted by Gasteiger charge is 2.20. The molecule has 0 fully saturated rings. The number of nitrogens with zero attached hydrogens (tertiary/aromatic N) is 2. The average molecular weight is 442 g/mol. The van der Waals surface area contributed by atoms with Gasteiger partial charge in [-0.25, -0.2) is 22.2 Å². The van der Waals surface area contributed by atoms with Crippen LogP contribution in [0.2, 0.25) is 0 Å². The first-order valence-corrected chi connectivity index (χ1v) is 11.4. The van der Waals surface area contributed by atoms with E-state index in [-0.39, 0.29) is 5.69 Å². The van der Waals surface area contributed by atoms with E-state index >= 15 is 0 Å². The van der Waals surface area contributed by atoms with Gasteiger partial charge < -0.3 is 4.57 Å². The fourth-order valence-electron chi connectivity index (χ4n) is 3.61. The molecule has 0 aliphatic heterocycles. The minimum absolute atomic E-state index is 0.283. The maximum Gasteiger partial charge on any atom is 0.264 e. The van der Waals surface area contributed by atoms with Crippen LogP contribution in [0.25, 0.3) is 11.0 Å². The molecule has 1 N–H and O–H groups in total. The van der Waals surface area contributed by atoms with Crippen molar-refractivity contribution in [3.63, 3.8) is 0 Å². The Kier molecular flexibility index (Phi) is 5.73. The predicted molar refractivity (Wildman–Crippen MR) is 116 cm³/mol. The molecule has 0 saturated carbocycles.